The molecule has 1 aliphatic heterocycles. The maximum absolute atomic E-state index is 11.2. The van der Waals surface area contributed by atoms with E-state index in [1.165, 1.54) is 0 Å². The summed E-state index contributed by atoms with van der Waals surface area (Å²) in [6, 6.07) is 3.28. The van der Waals surface area contributed by atoms with Gasteiger partial charge in [0.15, 0.2) is 0 Å². The Hall–Kier alpha value is -0.770. The number of fused-ring (bicyclic) bond motifs is 1. The van der Waals surface area contributed by atoms with E-state index in [1.807, 2.05) is 17.9 Å². The number of aliphatic carboxylic acids is 1. The molecule has 5 heteroatoms. The van der Waals surface area contributed by atoms with Crippen molar-refractivity contribution in [2.45, 2.75) is 32.4 Å². The summed E-state index contributed by atoms with van der Waals surface area (Å²) >= 11 is 12.2. The van der Waals surface area contributed by atoms with Crippen LogP contribution in [0.25, 0.3) is 0 Å². The first kappa shape index (κ1) is 13.7. The first-order valence-corrected chi connectivity index (χ1v) is 6.72. The molecule has 1 heterocycles. The number of nitrogens with zero attached hydrogens (tertiary/aromatic N) is 1. The van der Waals surface area contributed by atoms with Crippen LogP contribution in [0, 0.1) is 0 Å². The molecule has 0 aliphatic carbocycles. The van der Waals surface area contributed by atoms with Crippen molar-refractivity contribution in [3.05, 3.63) is 33.3 Å². The molecular weight excluding hydrogens is 273 g/mol. The number of benzene rings is 1. The number of halogens is 2. The molecular formula is C13H15Cl2NO2. The van der Waals surface area contributed by atoms with E-state index in [0.29, 0.717) is 29.6 Å². The molecule has 1 atom stereocenters. The van der Waals surface area contributed by atoms with E-state index in [2.05, 4.69) is 0 Å². The van der Waals surface area contributed by atoms with Crippen molar-refractivity contribution < 1.29 is 9.90 Å². The third-order valence-corrected chi connectivity index (χ3v) is 4.27. The highest BCUT2D eigenvalue weighted by Crippen LogP contribution is 2.32. The molecule has 0 aromatic heterocycles. The molecule has 1 aromatic rings. The van der Waals surface area contributed by atoms with Crippen LogP contribution < -0.4 is 0 Å². The number of hydrogen-bond acceptors (Lipinski definition) is 2. The van der Waals surface area contributed by atoms with Crippen LogP contribution in [0.2, 0.25) is 10.0 Å². The van der Waals surface area contributed by atoms with Gasteiger partial charge in [-0.25, -0.2) is 0 Å². The summed E-state index contributed by atoms with van der Waals surface area (Å²) < 4.78 is 0. The summed E-state index contributed by atoms with van der Waals surface area (Å²) in [6.45, 7) is 3.22. The molecule has 0 saturated heterocycles. The minimum atomic E-state index is -0.763. The number of hydrogen-bond donors (Lipinski definition) is 1. The Bertz CT molecular complexity index is 476. The van der Waals surface area contributed by atoms with Crippen LogP contribution in [0.1, 0.15) is 24.5 Å². The van der Waals surface area contributed by atoms with Gasteiger partial charge in [0.1, 0.15) is 6.04 Å². The third-order valence-electron chi connectivity index (χ3n) is 3.43. The van der Waals surface area contributed by atoms with Crippen LogP contribution in [0.15, 0.2) is 12.1 Å². The van der Waals surface area contributed by atoms with Crippen molar-refractivity contribution >= 4 is 29.2 Å². The van der Waals surface area contributed by atoms with Gasteiger partial charge in [0, 0.05) is 13.1 Å². The van der Waals surface area contributed by atoms with Crippen LogP contribution in [-0.4, -0.2) is 28.6 Å². The average molecular weight is 288 g/mol. The molecule has 2 rings (SSSR count). The van der Waals surface area contributed by atoms with Crippen molar-refractivity contribution in [1.29, 1.82) is 0 Å². The summed E-state index contributed by atoms with van der Waals surface area (Å²) in [5.41, 5.74) is 2.14. The summed E-state index contributed by atoms with van der Waals surface area (Å²) in [4.78, 5) is 13.2. The zero-order chi connectivity index (χ0) is 13.3. The lowest BCUT2D eigenvalue weighted by atomic mass is 9.98. The van der Waals surface area contributed by atoms with Crippen LogP contribution >= 0.6 is 23.2 Å². The van der Waals surface area contributed by atoms with Crippen LogP contribution in [0.5, 0.6) is 0 Å². The van der Waals surface area contributed by atoms with Crippen molar-refractivity contribution in [3.63, 3.8) is 0 Å². The molecule has 98 valence electrons. The predicted octanol–water partition coefficient (Wildman–Crippen LogP) is 3.21. The van der Waals surface area contributed by atoms with E-state index in [9.17, 15) is 9.90 Å². The van der Waals surface area contributed by atoms with Gasteiger partial charge >= 0.3 is 5.97 Å². The molecule has 0 spiro atoms. The second-order valence-electron chi connectivity index (χ2n) is 4.48. The molecule has 0 bridgehead atoms. The lowest BCUT2D eigenvalue weighted by Gasteiger charge is -2.33. The maximum Gasteiger partial charge on any atom is 0.320 e. The van der Waals surface area contributed by atoms with Gasteiger partial charge in [0.25, 0.3) is 0 Å². The molecule has 1 unspecified atom stereocenters. The van der Waals surface area contributed by atoms with Gasteiger partial charge in [-0.3, -0.25) is 9.69 Å². The predicted molar refractivity (Wildman–Crippen MR) is 72.3 cm³/mol. The second-order valence-corrected chi connectivity index (χ2v) is 5.27. The molecule has 0 saturated carbocycles. The molecule has 0 fully saturated rings. The smallest absolute Gasteiger partial charge is 0.320 e. The topological polar surface area (TPSA) is 40.5 Å². The Morgan fingerprint density at radius 2 is 2.22 bits per heavy atom. The highest BCUT2D eigenvalue weighted by atomic mass is 35.5. The third kappa shape index (κ3) is 2.48. The molecule has 18 heavy (non-hydrogen) atoms. The molecule has 1 aliphatic rings. The van der Waals surface area contributed by atoms with Crippen LogP contribution in [-0.2, 0) is 17.8 Å². The lowest BCUT2D eigenvalue weighted by Crippen LogP contribution is -2.43. The van der Waals surface area contributed by atoms with Gasteiger partial charge in [-0.2, -0.15) is 0 Å². The molecule has 0 amide bonds. The fourth-order valence-corrected chi connectivity index (χ4v) is 2.92. The Balaban J connectivity index is 2.25. The fourth-order valence-electron chi connectivity index (χ4n) is 2.46. The Kier molecular flexibility index (Phi) is 4.15. The van der Waals surface area contributed by atoms with Crippen molar-refractivity contribution in [3.8, 4) is 0 Å². The SMILES string of the molecule is CCC(C(=O)O)N1CCc2c(ccc(Cl)c2Cl)C1. The maximum atomic E-state index is 11.2. The summed E-state index contributed by atoms with van der Waals surface area (Å²) in [5.74, 6) is -0.763. The van der Waals surface area contributed by atoms with E-state index in [0.717, 1.165) is 17.5 Å². The zero-order valence-corrected chi connectivity index (χ0v) is 11.6. The number of carboxylic acids is 1. The quantitative estimate of drug-likeness (QED) is 0.928. The van der Waals surface area contributed by atoms with Crippen LogP contribution in [0.3, 0.4) is 0 Å². The van der Waals surface area contributed by atoms with Gasteiger partial charge in [-0.05, 0) is 30.0 Å². The fraction of sp³-hybridized carbons (Fsp3) is 0.462. The van der Waals surface area contributed by atoms with Crippen LogP contribution in [0.4, 0.5) is 0 Å². The first-order chi connectivity index (χ1) is 8.54. The van der Waals surface area contributed by atoms with Crippen molar-refractivity contribution in [2.75, 3.05) is 6.54 Å². The number of rotatable bonds is 3. The summed E-state index contributed by atoms with van der Waals surface area (Å²) in [5, 5.41) is 10.4. The minimum absolute atomic E-state index is 0.424. The highest BCUT2D eigenvalue weighted by molar-refractivity contribution is 6.42. The normalized spacial score (nSPS) is 17.3. The standard InChI is InChI=1S/C13H15Cl2NO2/c1-2-11(13(17)18)16-6-5-9-8(7-16)3-4-10(14)12(9)15/h3-4,11H,2,5-7H2,1H3,(H,17,18). The molecule has 1 aromatic carbocycles. The van der Waals surface area contributed by atoms with E-state index >= 15 is 0 Å². The number of carboxylic acid groups (broad SMARTS) is 1. The average Bonchev–Trinajstić information content (AvgIpc) is 2.34. The highest BCUT2D eigenvalue weighted by Gasteiger charge is 2.28. The number of carbonyl (C=O) groups is 1. The Morgan fingerprint density at radius 3 is 2.83 bits per heavy atom. The van der Waals surface area contributed by atoms with E-state index in [4.69, 9.17) is 23.2 Å². The van der Waals surface area contributed by atoms with E-state index in [1.54, 1.807) is 6.07 Å². The van der Waals surface area contributed by atoms with E-state index in [-0.39, 0.29) is 0 Å². The lowest BCUT2D eigenvalue weighted by molar-refractivity contribution is -0.143. The van der Waals surface area contributed by atoms with Gasteiger partial charge in [0.2, 0.25) is 0 Å². The minimum Gasteiger partial charge on any atom is -0.480 e. The Morgan fingerprint density at radius 1 is 1.50 bits per heavy atom. The summed E-state index contributed by atoms with van der Waals surface area (Å²) in [6.07, 6.45) is 1.35. The Labute approximate surface area is 116 Å². The molecule has 1 N–H and O–H groups in total. The van der Waals surface area contributed by atoms with Gasteiger partial charge in [-0.15, -0.1) is 0 Å². The first-order valence-electron chi connectivity index (χ1n) is 5.97. The van der Waals surface area contributed by atoms with E-state index < -0.39 is 12.0 Å². The van der Waals surface area contributed by atoms with Crippen molar-refractivity contribution in [1.82, 2.24) is 4.90 Å². The largest absolute Gasteiger partial charge is 0.480 e. The summed E-state index contributed by atoms with van der Waals surface area (Å²) in [7, 11) is 0. The monoisotopic (exact) mass is 287 g/mol. The zero-order valence-electron chi connectivity index (χ0n) is 10.1. The molecule has 3 nitrogen and oxygen atoms in total. The van der Waals surface area contributed by atoms with Gasteiger partial charge in [-0.1, -0.05) is 36.2 Å². The second kappa shape index (κ2) is 5.47. The van der Waals surface area contributed by atoms with Gasteiger partial charge in [0.05, 0.1) is 10.0 Å². The van der Waals surface area contributed by atoms with Gasteiger partial charge < -0.3 is 5.11 Å². The molecule has 0 radical (unpaired) electrons. The van der Waals surface area contributed by atoms with Crippen molar-refractivity contribution in [2.24, 2.45) is 0 Å².